The van der Waals surface area contributed by atoms with E-state index in [1.54, 1.807) is 31.4 Å². The van der Waals surface area contributed by atoms with Crippen molar-refractivity contribution in [3.05, 3.63) is 64.4 Å². The maximum atomic E-state index is 11.6. The first-order valence-corrected chi connectivity index (χ1v) is 8.46. The summed E-state index contributed by atoms with van der Waals surface area (Å²) in [6, 6.07) is 14.5. The van der Waals surface area contributed by atoms with E-state index in [0.29, 0.717) is 5.39 Å². The number of hydrogen-bond donors (Lipinski definition) is 2. The Morgan fingerprint density at radius 2 is 1.69 bits per heavy atom. The average Bonchev–Trinajstić information content (AvgIpc) is 2.91. The van der Waals surface area contributed by atoms with Crippen LogP contribution < -0.4 is 21.8 Å². The minimum absolute atomic E-state index is 0.0435. The highest BCUT2D eigenvalue weighted by Crippen LogP contribution is 2.15. The fourth-order valence-corrected chi connectivity index (χ4v) is 3.21. The lowest BCUT2D eigenvalue weighted by molar-refractivity contribution is -0.118. The quantitative estimate of drug-likeness (QED) is 0.700. The Labute approximate surface area is 153 Å². The van der Waals surface area contributed by atoms with Gasteiger partial charge in [-0.3, -0.25) is 18.3 Å². The molecule has 0 saturated heterocycles. The van der Waals surface area contributed by atoms with Crippen LogP contribution in [0.15, 0.2) is 53.3 Å². The molecule has 3 rings (SSSR count). The van der Waals surface area contributed by atoms with Gasteiger partial charge in [0, 0.05) is 0 Å². The Morgan fingerprint density at radius 1 is 1.04 bits per heavy atom. The first kappa shape index (κ1) is 19.2. The van der Waals surface area contributed by atoms with Gasteiger partial charge < -0.3 is 16.2 Å². The summed E-state index contributed by atoms with van der Waals surface area (Å²) in [5, 5.41) is 0.638. The van der Waals surface area contributed by atoms with Crippen LogP contribution in [0.4, 0.5) is 0 Å². The van der Waals surface area contributed by atoms with Crippen molar-refractivity contribution in [2.45, 2.75) is 13.0 Å². The molecular weight excluding hydrogens is 354 g/mol. The number of nitrogens with two attached hydrogens (primary N) is 2. The number of primary amides is 2. The summed E-state index contributed by atoms with van der Waals surface area (Å²) in [7, 11) is 1.60. The van der Waals surface area contributed by atoms with Crippen molar-refractivity contribution < 1.29 is 14.3 Å². The van der Waals surface area contributed by atoms with Crippen molar-refractivity contribution in [1.82, 2.24) is 3.96 Å². The molecule has 0 fully saturated rings. The lowest BCUT2D eigenvalue weighted by Crippen LogP contribution is -2.23. The number of nitrogens with zero attached hydrogens (tertiary/aromatic N) is 1. The van der Waals surface area contributed by atoms with E-state index in [9.17, 15) is 14.4 Å². The van der Waals surface area contributed by atoms with E-state index in [1.807, 2.05) is 24.3 Å². The van der Waals surface area contributed by atoms with E-state index < -0.39 is 5.91 Å². The Kier molecular flexibility index (Phi) is 6.51. The number of fused-ring (bicyclic) bond motifs is 1. The van der Waals surface area contributed by atoms with Crippen LogP contribution >= 0.6 is 11.5 Å². The summed E-state index contributed by atoms with van der Waals surface area (Å²) in [6.07, 6.45) is 0.282. The first-order valence-electron chi connectivity index (χ1n) is 7.69. The van der Waals surface area contributed by atoms with Crippen molar-refractivity contribution in [2.75, 3.05) is 7.11 Å². The molecule has 2 amide bonds. The van der Waals surface area contributed by atoms with Gasteiger partial charge in [-0.2, -0.15) is 0 Å². The fourth-order valence-electron chi connectivity index (χ4n) is 2.21. The van der Waals surface area contributed by atoms with E-state index in [2.05, 4.69) is 0 Å². The average molecular weight is 373 g/mol. The molecule has 4 N–H and O–H groups in total. The van der Waals surface area contributed by atoms with Crippen molar-refractivity contribution in [2.24, 2.45) is 11.5 Å². The molecule has 2 aromatic carbocycles. The topological polar surface area (TPSA) is 117 Å². The molecule has 1 aromatic heterocycles. The van der Waals surface area contributed by atoms with Crippen LogP contribution in [0.25, 0.3) is 10.1 Å². The summed E-state index contributed by atoms with van der Waals surface area (Å²) in [4.78, 5) is 32.8. The number of hydrogen-bond acceptors (Lipinski definition) is 5. The maximum Gasteiger partial charge on any atom is 0.268 e. The van der Waals surface area contributed by atoms with Gasteiger partial charge in [0.05, 0.1) is 23.6 Å². The summed E-state index contributed by atoms with van der Waals surface area (Å²) >= 11 is 1.26. The number of rotatable bonds is 5. The predicted octanol–water partition coefficient (Wildman–Crippen LogP) is 1.27. The molecule has 0 unspecified atom stereocenters. The zero-order valence-electron chi connectivity index (χ0n) is 14.2. The molecule has 0 radical (unpaired) electrons. The van der Waals surface area contributed by atoms with Gasteiger partial charge in [-0.05, 0) is 29.8 Å². The zero-order chi connectivity index (χ0) is 19.1. The third kappa shape index (κ3) is 5.18. The summed E-state index contributed by atoms with van der Waals surface area (Å²) < 4.78 is 7.20. The van der Waals surface area contributed by atoms with Crippen molar-refractivity contribution in [3.8, 4) is 5.75 Å². The second kappa shape index (κ2) is 8.82. The van der Waals surface area contributed by atoms with Gasteiger partial charge in [0.25, 0.3) is 5.56 Å². The highest BCUT2D eigenvalue weighted by molar-refractivity contribution is 7.13. The third-order valence-corrected chi connectivity index (χ3v) is 4.46. The molecule has 3 aromatic rings. The van der Waals surface area contributed by atoms with Gasteiger partial charge in [0.15, 0.2) is 0 Å². The standard InChI is InChI=1S/C9H8N2O2S.C9H11NO2/c10-8(12)5-11-9(13)6-3-1-2-4-7(6)14-11;1-12-8-4-2-7(3-5-8)6-9(10)11/h1-4H,5H2,(H2,10,12);2-5H,6H2,1H3,(H2,10,11). The lowest BCUT2D eigenvalue weighted by atomic mass is 10.1. The molecular formula is C18H19N3O4S. The van der Waals surface area contributed by atoms with Crippen molar-refractivity contribution in [1.29, 1.82) is 0 Å². The van der Waals surface area contributed by atoms with E-state index >= 15 is 0 Å². The second-order valence-electron chi connectivity index (χ2n) is 5.39. The van der Waals surface area contributed by atoms with Crippen LogP contribution in [-0.2, 0) is 22.6 Å². The molecule has 0 bridgehead atoms. The van der Waals surface area contributed by atoms with Crippen LogP contribution in [0.5, 0.6) is 5.75 Å². The normalized spacial score (nSPS) is 10.0. The molecule has 7 nitrogen and oxygen atoms in total. The number of benzene rings is 2. The molecule has 0 aliphatic carbocycles. The molecule has 0 spiro atoms. The molecule has 8 heteroatoms. The smallest absolute Gasteiger partial charge is 0.268 e. The molecule has 0 saturated carbocycles. The number of carbonyl (C=O) groups is 2. The largest absolute Gasteiger partial charge is 0.497 e. The number of aromatic nitrogens is 1. The number of carbonyl (C=O) groups excluding carboxylic acids is 2. The van der Waals surface area contributed by atoms with Gasteiger partial charge in [0.1, 0.15) is 12.3 Å². The van der Waals surface area contributed by atoms with Crippen molar-refractivity contribution in [3.63, 3.8) is 0 Å². The molecule has 1 heterocycles. The van der Waals surface area contributed by atoms with Gasteiger partial charge in [-0.25, -0.2) is 0 Å². The highest BCUT2D eigenvalue weighted by atomic mass is 32.1. The molecule has 26 heavy (non-hydrogen) atoms. The third-order valence-electron chi connectivity index (χ3n) is 3.39. The van der Waals surface area contributed by atoms with Gasteiger partial charge in [0.2, 0.25) is 11.8 Å². The molecule has 0 atom stereocenters. The molecule has 0 aliphatic rings. The summed E-state index contributed by atoms with van der Waals surface area (Å²) in [6.45, 7) is -0.0435. The minimum atomic E-state index is -0.501. The fraction of sp³-hybridized carbons (Fsp3) is 0.167. The first-order chi connectivity index (χ1) is 12.4. The van der Waals surface area contributed by atoms with Crippen LogP contribution in [0.2, 0.25) is 0 Å². The SMILES string of the molecule is COc1ccc(CC(N)=O)cc1.NC(=O)Cn1sc2ccccc2c1=O. The van der Waals surface area contributed by atoms with Gasteiger partial charge in [-0.1, -0.05) is 35.8 Å². The van der Waals surface area contributed by atoms with Crippen LogP contribution in [0.3, 0.4) is 0 Å². The highest BCUT2D eigenvalue weighted by Gasteiger charge is 2.07. The Bertz CT molecular complexity index is 960. The van der Waals surface area contributed by atoms with Crippen LogP contribution in [0.1, 0.15) is 5.56 Å². The lowest BCUT2D eigenvalue weighted by Gasteiger charge is -2.00. The molecule has 136 valence electrons. The van der Waals surface area contributed by atoms with Crippen molar-refractivity contribution >= 4 is 33.4 Å². The predicted molar refractivity (Wildman–Crippen MR) is 101 cm³/mol. The Morgan fingerprint density at radius 3 is 2.23 bits per heavy atom. The molecule has 0 aliphatic heterocycles. The maximum absolute atomic E-state index is 11.6. The van der Waals surface area contributed by atoms with E-state index in [-0.39, 0.29) is 24.4 Å². The Balaban J connectivity index is 0.000000190. The second-order valence-corrected chi connectivity index (χ2v) is 6.45. The monoisotopic (exact) mass is 373 g/mol. The summed E-state index contributed by atoms with van der Waals surface area (Å²) in [5.41, 5.74) is 10.8. The van der Waals surface area contributed by atoms with E-state index in [1.165, 1.54) is 15.5 Å². The zero-order valence-corrected chi connectivity index (χ0v) is 15.0. The van der Waals surface area contributed by atoms with E-state index in [0.717, 1.165) is 16.0 Å². The minimum Gasteiger partial charge on any atom is -0.497 e. The van der Waals surface area contributed by atoms with Crippen LogP contribution in [0, 0.1) is 0 Å². The Hall–Kier alpha value is -3.13. The number of amides is 2. The summed E-state index contributed by atoms with van der Waals surface area (Å²) in [5.74, 6) is -0.0398. The van der Waals surface area contributed by atoms with Gasteiger partial charge in [-0.15, -0.1) is 0 Å². The number of ether oxygens (including phenoxy) is 1. The number of methoxy groups -OCH3 is 1. The van der Waals surface area contributed by atoms with Gasteiger partial charge >= 0.3 is 0 Å². The van der Waals surface area contributed by atoms with Crippen LogP contribution in [-0.4, -0.2) is 22.9 Å². The van der Waals surface area contributed by atoms with E-state index in [4.69, 9.17) is 16.2 Å².